The standard InChI is InChI=1S/C23H29N5/c1-22(2)12-6-8-14-18(25-27-20(14)22)16-10-5-11-17(24-16)19-15-9-7-13-23(3,4)21(15)28-26-19/h5,10-11H,6-9,12-13H2,1-4H3,(H,25,27)(H,26,28). The minimum Gasteiger partial charge on any atom is -0.276 e. The Morgan fingerprint density at radius 3 is 1.68 bits per heavy atom. The molecule has 0 saturated heterocycles. The van der Waals surface area contributed by atoms with E-state index in [0.29, 0.717) is 0 Å². The molecule has 0 saturated carbocycles. The van der Waals surface area contributed by atoms with Gasteiger partial charge in [0.25, 0.3) is 0 Å². The molecule has 3 aromatic rings. The van der Waals surface area contributed by atoms with Gasteiger partial charge in [-0.1, -0.05) is 33.8 Å². The summed E-state index contributed by atoms with van der Waals surface area (Å²) in [6, 6.07) is 6.28. The molecule has 0 aliphatic heterocycles. The van der Waals surface area contributed by atoms with Gasteiger partial charge in [0, 0.05) is 22.0 Å². The van der Waals surface area contributed by atoms with Gasteiger partial charge >= 0.3 is 0 Å². The first-order chi connectivity index (χ1) is 13.4. The van der Waals surface area contributed by atoms with Crippen LogP contribution in [0.3, 0.4) is 0 Å². The second kappa shape index (κ2) is 6.03. The Balaban J connectivity index is 1.58. The number of rotatable bonds is 2. The Morgan fingerprint density at radius 2 is 1.21 bits per heavy atom. The van der Waals surface area contributed by atoms with Crippen LogP contribution in [0.25, 0.3) is 22.8 Å². The molecule has 2 aliphatic carbocycles. The first-order valence-electron chi connectivity index (χ1n) is 10.5. The van der Waals surface area contributed by atoms with Crippen LogP contribution in [0.5, 0.6) is 0 Å². The molecule has 0 atom stereocenters. The van der Waals surface area contributed by atoms with Crippen molar-refractivity contribution in [3.05, 3.63) is 40.7 Å². The van der Waals surface area contributed by atoms with Crippen molar-refractivity contribution in [2.45, 2.75) is 77.0 Å². The van der Waals surface area contributed by atoms with Crippen molar-refractivity contribution >= 4 is 0 Å². The highest BCUT2D eigenvalue weighted by atomic mass is 15.2. The van der Waals surface area contributed by atoms with Gasteiger partial charge in [0.1, 0.15) is 0 Å². The molecular formula is C23H29N5. The fourth-order valence-electron chi connectivity index (χ4n) is 5.12. The third-order valence-electron chi connectivity index (χ3n) is 6.73. The Hall–Kier alpha value is -2.43. The maximum atomic E-state index is 5.03. The fraction of sp³-hybridized carbons (Fsp3) is 0.522. The quantitative estimate of drug-likeness (QED) is 0.655. The van der Waals surface area contributed by atoms with Crippen LogP contribution in [0.4, 0.5) is 0 Å². The molecule has 2 N–H and O–H groups in total. The number of fused-ring (bicyclic) bond motifs is 2. The summed E-state index contributed by atoms with van der Waals surface area (Å²) in [4.78, 5) is 5.03. The zero-order valence-electron chi connectivity index (χ0n) is 17.3. The molecule has 0 bridgehead atoms. The maximum absolute atomic E-state index is 5.03. The van der Waals surface area contributed by atoms with Crippen LogP contribution < -0.4 is 0 Å². The topological polar surface area (TPSA) is 70.2 Å². The highest BCUT2D eigenvalue weighted by Crippen LogP contribution is 2.41. The number of H-pyrrole nitrogens is 2. The van der Waals surface area contributed by atoms with Gasteiger partial charge in [0.2, 0.25) is 0 Å². The van der Waals surface area contributed by atoms with Crippen molar-refractivity contribution in [3.8, 4) is 22.8 Å². The molecule has 0 spiro atoms. The second-order valence-electron chi connectivity index (χ2n) is 9.73. The molecular weight excluding hydrogens is 346 g/mol. The first kappa shape index (κ1) is 17.7. The van der Waals surface area contributed by atoms with Gasteiger partial charge in [0.15, 0.2) is 0 Å². The lowest BCUT2D eigenvalue weighted by molar-refractivity contribution is 0.420. The lowest BCUT2D eigenvalue weighted by Crippen LogP contribution is -2.23. The Kier molecular flexibility index (Phi) is 3.80. The second-order valence-corrected chi connectivity index (χ2v) is 9.73. The van der Waals surface area contributed by atoms with Crippen LogP contribution in [0, 0.1) is 0 Å². The lowest BCUT2D eigenvalue weighted by atomic mass is 9.76. The van der Waals surface area contributed by atoms with E-state index in [1.54, 1.807) is 0 Å². The van der Waals surface area contributed by atoms with Crippen molar-refractivity contribution in [2.75, 3.05) is 0 Å². The van der Waals surface area contributed by atoms with E-state index in [0.717, 1.165) is 35.6 Å². The fourth-order valence-corrected chi connectivity index (χ4v) is 5.12. The van der Waals surface area contributed by atoms with Gasteiger partial charge in [-0.15, -0.1) is 0 Å². The maximum Gasteiger partial charge on any atom is 0.0891 e. The highest BCUT2D eigenvalue weighted by molar-refractivity contribution is 5.67. The molecule has 5 rings (SSSR count). The van der Waals surface area contributed by atoms with Gasteiger partial charge in [-0.25, -0.2) is 4.98 Å². The Labute approximate surface area is 166 Å². The lowest BCUT2D eigenvalue weighted by Gasteiger charge is -2.28. The van der Waals surface area contributed by atoms with E-state index in [4.69, 9.17) is 4.98 Å². The van der Waals surface area contributed by atoms with Crippen molar-refractivity contribution in [2.24, 2.45) is 0 Å². The van der Waals surface area contributed by atoms with Gasteiger partial charge in [-0.2, -0.15) is 10.2 Å². The van der Waals surface area contributed by atoms with Crippen LogP contribution in [0.15, 0.2) is 18.2 Å². The molecule has 0 fully saturated rings. The van der Waals surface area contributed by atoms with E-state index in [1.807, 2.05) is 0 Å². The summed E-state index contributed by atoms with van der Waals surface area (Å²) >= 11 is 0. The molecule has 0 unspecified atom stereocenters. The van der Waals surface area contributed by atoms with Crippen LogP contribution in [-0.2, 0) is 23.7 Å². The summed E-state index contributed by atoms with van der Waals surface area (Å²) in [5, 5.41) is 16.0. The molecule has 2 aliphatic rings. The highest BCUT2D eigenvalue weighted by Gasteiger charge is 2.34. The number of hydrogen-bond donors (Lipinski definition) is 2. The molecule has 146 valence electrons. The number of aromatic nitrogens is 5. The van der Waals surface area contributed by atoms with E-state index in [2.05, 4.69) is 66.3 Å². The van der Waals surface area contributed by atoms with E-state index in [1.165, 1.54) is 48.2 Å². The summed E-state index contributed by atoms with van der Waals surface area (Å²) in [6.07, 6.45) is 6.93. The monoisotopic (exact) mass is 375 g/mol. The normalized spacial score (nSPS) is 19.9. The van der Waals surface area contributed by atoms with Crippen molar-refractivity contribution < 1.29 is 0 Å². The zero-order valence-corrected chi connectivity index (χ0v) is 17.3. The van der Waals surface area contributed by atoms with Gasteiger partial charge in [-0.3, -0.25) is 10.2 Å². The van der Waals surface area contributed by atoms with Crippen molar-refractivity contribution in [1.82, 2.24) is 25.4 Å². The minimum absolute atomic E-state index is 0.133. The summed E-state index contributed by atoms with van der Waals surface area (Å²) in [5.74, 6) is 0. The number of aromatic amines is 2. The van der Waals surface area contributed by atoms with Crippen LogP contribution in [-0.4, -0.2) is 25.4 Å². The van der Waals surface area contributed by atoms with Crippen LogP contribution in [0.2, 0.25) is 0 Å². The van der Waals surface area contributed by atoms with Gasteiger partial charge in [-0.05, 0) is 50.7 Å². The molecule has 28 heavy (non-hydrogen) atoms. The summed E-state index contributed by atoms with van der Waals surface area (Å²) in [5.41, 5.74) is 9.48. The number of pyridine rings is 1. The zero-order chi connectivity index (χ0) is 19.5. The van der Waals surface area contributed by atoms with Crippen LogP contribution >= 0.6 is 0 Å². The Morgan fingerprint density at radius 1 is 0.750 bits per heavy atom. The number of nitrogens with one attached hydrogen (secondary N) is 2. The van der Waals surface area contributed by atoms with Crippen LogP contribution in [0.1, 0.15) is 75.9 Å². The molecule has 0 amide bonds. The third-order valence-corrected chi connectivity index (χ3v) is 6.73. The largest absolute Gasteiger partial charge is 0.276 e. The first-order valence-corrected chi connectivity index (χ1v) is 10.5. The van der Waals surface area contributed by atoms with E-state index in [-0.39, 0.29) is 10.8 Å². The van der Waals surface area contributed by atoms with Crippen molar-refractivity contribution in [1.29, 1.82) is 0 Å². The predicted octanol–water partition coefficient (Wildman–Crippen LogP) is 5.09. The molecule has 0 aromatic carbocycles. The van der Waals surface area contributed by atoms with E-state index >= 15 is 0 Å². The molecule has 3 aromatic heterocycles. The summed E-state index contributed by atoms with van der Waals surface area (Å²) < 4.78 is 0. The average Bonchev–Trinajstić information content (AvgIpc) is 3.27. The van der Waals surface area contributed by atoms with E-state index in [9.17, 15) is 0 Å². The van der Waals surface area contributed by atoms with Gasteiger partial charge in [0.05, 0.1) is 34.2 Å². The van der Waals surface area contributed by atoms with E-state index < -0.39 is 0 Å². The Bertz CT molecular complexity index is 958. The third kappa shape index (κ3) is 2.63. The summed E-state index contributed by atoms with van der Waals surface area (Å²) in [6.45, 7) is 9.16. The predicted molar refractivity (Wildman–Crippen MR) is 111 cm³/mol. The molecule has 5 nitrogen and oxygen atoms in total. The number of nitrogens with zero attached hydrogens (tertiary/aromatic N) is 3. The minimum atomic E-state index is 0.133. The molecule has 3 heterocycles. The van der Waals surface area contributed by atoms with Gasteiger partial charge < -0.3 is 0 Å². The average molecular weight is 376 g/mol. The molecule has 0 radical (unpaired) electrons. The number of hydrogen-bond acceptors (Lipinski definition) is 3. The smallest absolute Gasteiger partial charge is 0.0891 e. The summed E-state index contributed by atoms with van der Waals surface area (Å²) in [7, 11) is 0. The molecule has 5 heteroatoms. The van der Waals surface area contributed by atoms with Crippen molar-refractivity contribution in [3.63, 3.8) is 0 Å². The SMILES string of the molecule is CC1(C)CCCc2c1n[nH]c2-c1cccc(-c2[nH]nc3c2CCCC3(C)C)n1.